The number of rotatable bonds is 6. The molecule has 0 saturated heterocycles. The molecular formula is C15H23NO2. The molecule has 0 spiro atoms. The van der Waals surface area contributed by atoms with Gasteiger partial charge in [0.2, 0.25) is 0 Å². The SMILES string of the molecule is CCOc1cc(NC)c(C)c(OCC)c1C1CC1. The zero-order chi connectivity index (χ0) is 13.1. The van der Waals surface area contributed by atoms with Crippen LogP contribution >= 0.6 is 0 Å². The molecule has 1 aromatic carbocycles. The molecule has 100 valence electrons. The van der Waals surface area contributed by atoms with Gasteiger partial charge in [0.05, 0.1) is 13.2 Å². The highest BCUT2D eigenvalue weighted by molar-refractivity contribution is 5.66. The summed E-state index contributed by atoms with van der Waals surface area (Å²) in [4.78, 5) is 0. The number of benzene rings is 1. The molecule has 0 atom stereocenters. The van der Waals surface area contributed by atoms with Gasteiger partial charge < -0.3 is 14.8 Å². The maximum absolute atomic E-state index is 5.88. The van der Waals surface area contributed by atoms with Crippen molar-refractivity contribution in [1.82, 2.24) is 0 Å². The Bertz CT molecular complexity index is 425. The van der Waals surface area contributed by atoms with E-state index in [1.165, 1.54) is 24.0 Å². The fourth-order valence-corrected chi connectivity index (χ4v) is 2.38. The fourth-order valence-electron chi connectivity index (χ4n) is 2.38. The minimum Gasteiger partial charge on any atom is -0.493 e. The topological polar surface area (TPSA) is 30.5 Å². The van der Waals surface area contributed by atoms with E-state index in [0.29, 0.717) is 19.1 Å². The molecule has 0 bridgehead atoms. The van der Waals surface area contributed by atoms with Crippen molar-refractivity contribution < 1.29 is 9.47 Å². The molecule has 1 fully saturated rings. The Balaban J connectivity index is 2.53. The third kappa shape index (κ3) is 2.40. The van der Waals surface area contributed by atoms with Crippen LogP contribution in [0.1, 0.15) is 43.7 Å². The summed E-state index contributed by atoms with van der Waals surface area (Å²) in [7, 11) is 1.94. The van der Waals surface area contributed by atoms with Gasteiger partial charge in [-0.15, -0.1) is 0 Å². The molecule has 0 heterocycles. The van der Waals surface area contributed by atoms with E-state index in [0.717, 1.165) is 17.2 Å². The van der Waals surface area contributed by atoms with E-state index in [1.54, 1.807) is 0 Å². The molecular weight excluding hydrogens is 226 g/mol. The van der Waals surface area contributed by atoms with Crippen LogP contribution in [-0.2, 0) is 0 Å². The minimum atomic E-state index is 0.623. The summed E-state index contributed by atoms with van der Waals surface area (Å²) >= 11 is 0. The van der Waals surface area contributed by atoms with Crippen LogP contribution in [0, 0.1) is 6.92 Å². The zero-order valence-corrected chi connectivity index (χ0v) is 11.8. The van der Waals surface area contributed by atoms with Crippen LogP contribution in [0.3, 0.4) is 0 Å². The van der Waals surface area contributed by atoms with E-state index < -0.39 is 0 Å². The molecule has 3 nitrogen and oxygen atoms in total. The molecule has 2 rings (SSSR count). The quantitative estimate of drug-likeness (QED) is 0.833. The van der Waals surface area contributed by atoms with Crippen LogP contribution in [0.4, 0.5) is 5.69 Å². The average molecular weight is 249 g/mol. The average Bonchev–Trinajstić information content (AvgIpc) is 3.18. The Morgan fingerprint density at radius 3 is 2.39 bits per heavy atom. The molecule has 1 saturated carbocycles. The lowest BCUT2D eigenvalue weighted by molar-refractivity contribution is 0.315. The van der Waals surface area contributed by atoms with Crippen molar-refractivity contribution in [2.45, 2.75) is 39.5 Å². The third-order valence-electron chi connectivity index (χ3n) is 3.37. The molecule has 0 amide bonds. The summed E-state index contributed by atoms with van der Waals surface area (Å²) < 4.78 is 11.7. The predicted molar refractivity (Wildman–Crippen MR) is 75.0 cm³/mol. The van der Waals surface area contributed by atoms with Gasteiger partial charge in [0.25, 0.3) is 0 Å². The first-order chi connectivity index (χ1) is 8.72. The molecule has 0 aliphatic heterocycles. The summed E-state index contributed by atoms with van der Waals surface area (Å²) in [6.07, 6.45) is 2.50. The highest BCUT2D eigenvalue weighted by atomic mass is 16.5. The van der Waals surface area contributed by atoms with Crippen molar-refractivity contribution in [2.75, 3.05) is 25.6 Å². The van der Waals surface area contributed by atoms with Gasteiger partial charge in [-0.05, 0) is 39.5 Å². The van der Waals surface area contributed by atoms with E-state index in [2.05, 4.69) is 18.3 Å². The summed E-state index contributed by atoms with van der Waals surface area (Å²) in [5, 5.41) is 3.22. The van der Waals surface area contributed by atoms with Gasteiger partial charge in [-0.2, -0.15) is 0 Å². The first-order valence-corrected chi connectivity index (χ1v) is 6.83. The highest BCUT2D eigenvalue weighted by Gasteiger charge is 2.32. The van der Waals surface area contributed by atoms with Gasteiger partial charge in [-0.3, -0.25) is 0 Å². The van der Waals surface area contributed by atoms with Crippen LogP contribution in [0.25, 0.3) is 0 Å². The fraction of sp³-hybridized carbons (Fsp3) is 0.600. The molecule has 1 aliphatic rings. The Morgan fingerprint density at radius 2 is 1.89 bits per heavy atom. The Hall–Kier alpha value is -1.38. The number of hydrogen-bond donors (Lipinski definition) is 1. The van der Waals surface area contributed by atoms with Gasteiger partial charge in [-0.25, -0.2) is 0 Å². The van der Waals surface area contributed by atoms with Crippen molar-refractivity contribution >= 4 is 5.69 Å². The van der Waals surface area contributed by atoms with Crippen molar-refractivity contribution in [3.05, 3.63) is 17.2 Å². The van der Waals surface area contributed by atoms with Crippen LogP contribution in [0.5, 0.6) is 11.5 Å². The van der Waals surface area contributed by atoms with Gasteiger partial charge in [0.15, 0.2) is 0 Å². The van der Waals surface area contributed by atoms with Gasteiger partial charge in [0, 0.05) is 29.9 Å². The molecule has 0 unspecified atom stereocenters. The lowest BCUT2D eigenvalue weighted by atomic mass is 10.0. The minimum absolute atomic E-state index is 0.623. The molecule has 1 aliphatic carbocycles. The van der Waals surface area contributed by atoms with Crippen LogP contribution in [0.2, 0.25) is 0 Å². The molecule has 1 N–H and O–H groups in total. The third-order valence-corrected chi connectivity index (χ3v) is 3.37. The van der Waals surface area contributed by atoms with Crippen molar-refractivity contribution in [2.24, 2.45) is 0 Å². The second-order valence-electron chi connectivity index (χ2n) is 4.68. The molecule has 0 radical (unpaired) electrons. The number of anilines is 1. The number of ether oxygens (including phenoxy) is 2. The highest BCUT2D eigenvalue weighted by Crippen LogP contribution is 2.51. The number of nitrogens with one attached hydrogen (secondary N) is 1. The lowest BCUT2D eigenvalue weighted by Gasteiger charge is -2.20. The largest absolute Gasteiger partial charge is 0.493 e. The van der Waals surface area contributed by atoms with Crippen LogP contribution in [-0.4, -0.2) is 20.3 Å². The van der Waals surface area contributed by atoms with Crippen molar-refractivity contribution in [3.63, 3.8) is 0 Å². The van der Waals surface area contributed by atoms with Crippen molar-refractivity contribution in [3.8, 4) is 11.5 Å². The van der Waals surface area contributed by atoms with E-state index in [9.17, 15) is 0 Å². The maximum Gasteiger partial charge on any atom is 0.131 e. The van der Waals surface area contributed by atoms with Gasteiger partial charge in [0.1, 0.15) is 11.5 Å². The smallest absolute Gasteiger partial charge is 0.131 e. The summed E-state index contributed by atoms with van der Waals surface area (Å²) in [5.41, 5.74) is 3.55. The summed E-state index contributed by atoms with van der Waals surface area (Å²) in [6, 6.07) is 2.11. The van der Waals surface area contributed by atoms with E-state index in [-0.39, 0.29) is 0 Å². The van der Waals surface area contributed by atoms with E-state index >= 15 is 0 Å². The first-order valence-electron chi connectivity index (χ1n) is 6.83. The lowest BCUT2D eigenvalue weighted by Crippen LogP contribution is -2.05. The summed E-state index contributed by atoms with van der Waals surface area (Å²) in [5.74, 6) is 2.63. The molecule has 0 aromatic heterocycles. The Labute approximate surface area is 109 Å². The number of hydrogen-bond acceptors (Lipinski definition) is 3. The molecule has 18 heavy (non-hydrogen) atoms. The van der Waals surface area contributed by atoms with Gasteiger partial charge >= 0.3 is 0 Å². The summed E-state index contributed by atoms with van der Waals surface area (Å²) in [6.45, 7) is 7.55. The van der Waals surface area contributed by atoms with Crippen LogP contribution in [0.15, 0.2) is 6.07 Å². The zero-order valence-electron chi connectivity index (χ0n) is 11.8. The van der Waals surface area contributed by atoms with Gasteiger partial charge in [-0.1, -0.05) is 0 Å². The maximum atomic E-state index is 5.88. The first kappa shape index (κ1) is 13.1. The Kier molecular flexibility index (Phi) is 4.00. The normalized spacial score (nSPS) is 14.4. The second-order valence-corrected chi connectivity index (χ2v) is 4.68. The molecule has 3 heteroatoms. The second kappa shape index (κ2) is 5.51. The predicted octanol–water partition coefficient (Wildman–Crippen LogP) is 3.71. The standard InChI is InChI=1S/C15H23NO2/c1-5-17-13-9-12(16-4)10(3)15(18-6-2)14(13)11-7-8-11/h9,11,16H,5-8H2,1-4H3. The van der Waals surface area contributed by atoms with E-state index in [1.807, 2.05) is 20.9 Å². The molecule has 1 aromatic rings. The van der Waals surface area contributed by atoms with Crippen molar-refractivity contribution in [1.29, 1.82) is 0 Å². The van der Waals surface area contributed by atoms with E-state index in [4.69, 9.17) is 9.47 Å². The van der Waals surface area contributed by atoms with Crippen LogP contribution < -0.4 is 14.8 Å². The monoisotopic (exact) mass is 249 g/mol. The Morgan fingerprint density at radius 1 is 1.22 bits per heavy atom.